The van der Waals surface area contributed by atoms with Crippen LogP contribution in [0.1, 0.15) is 29.3 Å². The maximum absolute atomic E-state index is 11.7. The standard InChI is InChI=1S/C14H21N3O2/c1-4-7-16-9-13(18)17-12-6-5-11(8-10(12)2)14(19)15-3/h5-6,8,16H,4,7,9H2,1-3H3,(H,15,19)(H,17,18). The van der Waals surface area contributed by atoms with Crippen LogP contribution in [0.4, 0.5) is 5.69 Å². The lowest BCUT2D eigenvalue weighted by atomic mass is 10.1. The van der Waals surface area contributed by atoms with E-state index in [0.29, 0.717) is 12.1 Å². The van der Waals surface area contributed by atoms with Crippen molar-refractivity contribution >= 4 is 17.5 Å². The summed E-state index contributed by atoms with van der Waals surface area (Å²) in [5.74, 6) is -0.213. The van der Waals surface area contributed by atoms with E-state index >= 15 is 0 Å². The van der Waals surface area contributed by atoms with Crippen molar-refractivity contribution in [3.05, 3.63) is 29.3 Å². The summed E-state index contributed by atoms with van der Waals surface area (Å²) in [4.78, 5) is 23.1. The van der Waals surface area contributed by atoms with Gasteiger partial charge in [0.1, 0.15) is 0 Å². The van der Waals surface area contributed by atoms with Crippen LogP contribution in [0.3, 0.4) is 0 Å². The van der Waals surface area contributed by atoms with Gasteiger partial charge in [0.05, 0.1) is 6.54 Å². The van der Waals surface area contributed by atoms with Crippen molar-refractivity contribution in [2.24, 2.45) is 0 Å². The first-order valence-corrected chi connectivity index (χ1v) is 6.41. The van der Waals surface area contributed by atoms with Crippen molar-refractivity contribution in [3.63, 3.8) is 0 Å². The minimum absolute atomic E-state index is 0.0794. The molecule has 0 radical (unpaired) electrons. The topological polar surface area (TPSA) is 70.2 Å². The molecule has 3 N–H and O–H groups in total. The molecule has 5 heteroatoms. The van der Waals surface area contributed by atoms with E-state index in [-0.39, 0.29) is 11.8 Å². The van der Waals surface area contributed by atoms with Crippen LogP contribution in [0, 0.1) is 6.92 Å². The lowest BCUT2D eigenvalue weighted by molar-refractivity contribution is -0.115. The highest BCUT2D eigenvalue weighted by atomic mass is 16.2. The zero-order valence-electron chi connectivity index (χ0n) is 11.7. The Bertz CT molecular complexity index is 458. The maximum Gasteiger partial charge on any atom is 0.251 e. The van der Waals surface area contributed by atoms with Crippen LogP contribution < -0.4 is 16.0 Å². The van der Waals surface area contributed by atoms with Crippen molar-refractivity contribution in [2.45, 2.75) is 20.3 Å². The number of rotatable bonds is 6. The normalized spacial score (nSPS) is 10.1. The van der Waals surface area contributed by atoms with Crippen molar-refractivity contribution in [3.8, 4) is 0 Å². The SMILES string of the molecule is CCCNCC(=O)Nc1ccc(C(=O)NC)cc1C. The van der Waals surface area contributed by atoms with Gasteiger partial charge in [-0.05, 0) is 43.7 Å². The molecule has 0 aliphatic carbocycles. The largest absolute Gasteiger partial charge is 0.355 e. The second-order valence-corrected chi connectivity index (χ2v) is 4.33. The second kappa shape index (κ2) is 7.53. The number of benzene rings is 1. The van der Waals surface area contributed by atoms with E-state index in [4.69, 9.17) is 0 Å². The van der Waals surface area contributed by atoms with Crippen molar-refractivity contribution in [1.29, 1.82) is 0 Å². The first kappa shape index (κ1) is 15.2. The number of hydrogen-bond acceptors (Lipinski definition) is 3. The molecule has 1 aromatic carbocycles. The van der Waals surface area contributed by atoms with E-state index in [9.17, 15) is 9.59 Å². The summed E-state index contributed by atoms with van der Waals surface area (Å²) in [6.45, 7) is 5.03. The van der Waals surface area contributed by atoms with E-state index in [1.54, 1.807) is 25.2 Å². The average molecular weight is 263 g/mol. The summed E-state index contributed by atoms with van der Waals surface area (Å²) in [7, 11) is 1.59. The number of carbonyl (C=O) groups excluding carboxylic acids is 2. The molecule has 1 rings (SSSR count). The zero-order valence-corrected chi connectivity index (χ0v) is 11.7. The quantitative estimate of drug-likeness (QED) is 0.677. The van der Waals surface area contributed by atoms with Gasteiger partial charge in [0, 0.05) is 18.3 Å². The zero-order chi connectivity index (χ0) is 14.3. The van der Waals surface area contributed by atoms with Gasteiger partial charge < -0.3 is 16.0 Å². The second-order valence-electron chi connectivity index (χ2n) is 4.33. The Kier molecular flexibility index (Phi) is 6.02. The smallest absolute Gasteiger partial charge is 0.251 e. The van der Waals surface area contributed by atoms with Gasteiger partial charge in [-0.3, -0.25) is 9.59 Å². The molecule has 104 valence electrons. The number of anilines is 1. The summed E-state index contributed by atoms with van der Waals surface area (Å²) in [5.41, 5.74) is 2.18. The maximum atomic E-state index is 11.7. The number of amides is 2. The van der Waals surface area contributed by atoms with Crippen LogP contribution in [-0.2, 0) is 4.79 Å². The van der Waals surface area contributed by atoms with Crippen LogP contribution in [0.25, 0.3) is 0 Å². The molecule has 0 fully saturated rings. The molecule has 1 aromatic rings. The Morgan fingerprint density at radius 3 is 2.58 bits per heavy atom. The molecule has 0 aliphatic heterocycles. The fourth-order valence-electron chi connectivity index (χ4n) is 1.66. The summed E-state index contributed by atoms with van der Waals surface area (Å²) < 4.78 is 0. The van der Waals surface area contributed by atoms with Crippen molar-refractivity contribution < 1.29 is 9.59 Å². The van der Waals surface area contributed by atoms with Crippen molar-refractivity contribution in [2.75, 3.05) is 25.5 Å². The molecule has 0 bridgehead atoms. The molecule has 0 atom stereocenters. The van der Waals surface area contributed by atoms with Crippen LogP contribution >= 0.6 is 0 Å². The lowest BCUT2D eigenvalue weighted by Gasteiger charge is -2.10. The van der Waals surface area contributed by atoms with E-state index < -0.39 is 0 Å². The van der Waals surface area contributed by atoms with Gasteiger partial charge in [0.15, 0.2) is 0 Å². The van der Waals surface area contributed by atoms with Gasteiger partial charge in [-0.25, -0.2) is 0 Å². The Morgan fingerprint density at radius 1 is 1.26 bits per heavy atom. The Balaban J connectivity index is 2.64. The highest BCUT2D eigenvalue weighted by molar-refractivity contribution is 5.96. The van der Waals surface area contributed by atoms with Gasteiger partial charge >= 0.3 is 0 Å². The Labute approximate surface area is 113 Å². The minimum Gasteiger partial charge on any atom is -0.355 e. The van der Waals surface area contributed by atoms with Crippen LogP contribution in [0.15, 0.2) is 18.2 Å². The molecule has 0 heterocycles. The Hall–Kier alpha value is -1.88. The highest BCUT2D eigenvalue weighted by Gasteiger charge is 2.08. The average Bonchev–Trinajstić information content (AvgIpc) is 2.40. The molecule has 5 nitrogen and oxygen atoms in total. The van der Waals surface area contributed by atoms with Crippen LogP contribution in [-0.4, -0.2) is 32.0 Å². The fraction of sp³-hybridized carbons (Fsp3) is 0.429. The third-order valence-electron chi connectivity index (χ3n) is 2.70. The fourth-order valence-corrected chi connectivity index (χ4v) is 1.66. The third kappa shape index (κ3) is 4.71. The summed E-state index contributed by atoms with van der Waals surface area (Å²) in [6, 6.07) is 5.20. The first-order valence-electron chi connectivity index (χ1n) is 6.41. The highest BCUT2D eigenvalue weighted by Crippen LogP contribution is 2.16. The number of carbonyl (C=O) groups is 2. The van der Waals surface area contributed by atoms with Crippen molar-refractivity contribution in [1.82, 2.24) is 10.6 Å². The van der Waals surface area contributed by atoms with Crippen LogP contribution in [0.2, 0.25) is 0 Å². The van der Waals surface area contributed by atoms with Gasteiger partial charge in [-0.15, -0.1) is 0 Å². The lowest BCUT2D eigenvalue weighted by Crippen LogP contribution is -2.28. The summed E-state index contributed by atoms with van der Waals surface area (Å²) in [6.07, 6.45) is 0.993. The van der Waals surface area contributed by atoms with Gasteiger partial charge in [-0.2, -0.15) is 0 Å². The van der Waals surface area contributed by atoms with Crippen LogP contribution in [0.5, 0.6) is 0 Å². The molecule has 0 saturated heterocycles. The first-order chi connectivity index (χ1) is 9.08. The van der Waals surface area contributed by atoms with E-state index in [1.807, 2.05) is 13.8 Å². The van der Waals surface area contributed by atoms with Gasteiger partial charge in [0.25, 0.3) is 5.91 Å². The van der Waals surface area contributed by atoms with E-state index in [1.165, 1.54) is 0 Å². The predicted molar refractivity (Wildman–Crippen MR) is 76.4 cm³/mol. The molecular formula is C14H21N3O2. The third-order valence-corrected chi connectivity index (χ3v) is 2.70. The summed E-state index contributed by atoms with van der Waals surface area (Å²) in [5, 5.41) is 8.42. The number of aryl methyl sites for hydroxylation is 1. The molecule has 0 aliphatic rings. The molecule has 2 amide bonds. The molecule has 19 heavy (non-hydrogen) atoms. The van der Waals surface area contributed by atoms with Gasteiger partial charge in [0.2, 0.25) is 5.91 Å². The van der Waals surface area contributed by atoms with E-state index in [0.717, 1.165) is 24.2 Å². The molecule has 0 unspecified atom stereocenters. The van der Waals surface area contributed by atoms with E-state index in [2.05, 4.69) is 16.0 Å². The monoisotopic (exact) mass is 263 g/mol. The molecule has 0 spiro atoms. The number of nitrogens with one attached hydrogen (secondary N) is 3. The predicted octanol–water partition coefficient (Wildman–Crippen LogP) is 1.29. The number of hydrogen-bond donors (Lipinski definition) is 3. The molecule has 0 saturated carbocycles. The van der Waals surface area contributed by atoms with Gasteiger partial charge in [-0.1, -0.05) is 6.92 Å². The Morgan fingerprint density at radius 2 is 2.00 bits per heavy atom. The molecular weight excluding hydrogens is 242 g/mol. The summed E-state index contributed by atoms with van der Waals surface area (Å²) >= 11 is 0. The minimum atomic E-state index is -0.134. The molecule has 0 aromatic heterocycles.